The van der Waals surface area contributed by atoms with Gasteiger partial charge in [-0.2, -0.15) is 9.29 Å². The molecule has 0 saturated carbocycles. The minimum atomic E-state index is -3.50. The van der Waals surface area contributed by atoms with Crippen molar-refractivity contribution in [2.45, 2.75) is 57.5 Å². The van der Waals surface area contributed by atoms with Crippen molar-refractivity contribution in [2.75, 3.05) is 13.1 Å². The van der Waals surface area contributed by atoms with Crippen LogP contribution in [0, 0.1) is 13.8 Å². The first-order valence-corrected chi connectivity index (χ1v) is 12.4. The highest BCUT2D eigenvalue weighted by Crippen LogP contribution is 2.31. The average Bonchev–Trinajstić information content (AvgIpc) is 3.26. The van der Waals surface area contributed by atoms with Gasteiger partial charge in [0.15, 0.2) is 0 Å². The first-order valence-electron chi connectivity index (χ1n) is 10.9. The molecular formula is C24H29N3O4S. The zero-order valence-corrected chi connectivity index (χ0v) is 19.7. The molecule has 0 aliphatic carbocycles. The molecule has 0 spiro atoms. The van der Waals surface area contributed by atoms with Gasteiger partial charge in [-0.05, 0) is 88.1 Å². The zero-order valence-electron chi connectivity index (χ0n) is 18.9. The van der Waals surface area contributed by atoms with Gasteiger partial charge in [-0.3, -0.25) is 0 Å². The van der Waals surface area contributed by atoms with E-state index in [0.717, 1.165) is 22.4 Å². The van der Waals surface area contributed by atoms with Gasteiger partial charge in [0.2, 0.25) is 21.7 Å². The molecule has 0 amide bonds. The van der Waals surface area contributed by atoms with Crippen LogP contribution in [0.3, 0.4) is 0 Å². The highest BCUT2D eigenvalue weighted by atomic mass is 32.2. The summed E-state index contributed by atoms with van der Waals surface area (Å²) >= 11 is 0. The maximum absolute atomic E-state index is 13.0. The zero-order chi connectivity index (χ0) is 22.9. The van der Waals surface area contributed by atoms with Gasteiger partial charge in [0.25, 0.3) is 0 Å². The minimum Gasteiger partial charge on any atom is -0.491 e. The Balaban J connectivity index is 1.41. The Hall–Kier alpha value is -2.71. The molecule has 0 unspecified atom stereocenters. The maximum Gasteiger partial charge on any atom is 0.243 e. The van der Waals surface area contributed by atoms with Crippen LogP contribution in [0.5, 0.6) is 5.75 Å². The van der Waals surface area contributed by atoms with Crippen LogP contribution in [-0.4, -0.2) is 42.1 Å². The van der Waals surface area contributed by atoms with Gasteiger partial charge in [0.05, 0.1) is 11.0 Å². The smallest absolute Gasteiger partial charge is 0.243 e. The standard InChI is InChI=1S/C24H29N3O4S/c1-16(2)30-21-8-6-19(7-9-21)23-25-24(31-26-23)20-11-13-27(14-12-20)32(28,29)22-10-5-17(3)18(4)15-22/h5-10,15-16,20H,11-14H2,1-4H3. The Kier molecular flexibility index (Phi) is 6.35. The molecule has 1 aliphatic rings. The Morgan fingerprint density at radius 1 is 1.03 bits per heavy atom. The van der Waals surface area contributed by atoms with E-state index in [4.69, 9.17) is 9.26 Å². The summed E-state index contributed by atoms with van der Waals surface area (Å²) in [5, 5.41) is 4.13. The molecule has 0 radical (unpaired) electrons. The number of rotatable bonds is 6. The van der Waals surface area contributed by atoms with Crippen molar-refractivity contribution in [2.24, 2.45) is 0 Å². The number of nitrogens with zero attached hydrogens (tertiary/aromatic N) is 3. The van der Waals surface area contributed by atoms with E-state index in [2.05, 4.69) is 10.1 Å². The summed E-state index contributed by atoms with van der Waals surface area (Å²) in [5.74, 6) is 1.93. The second-order valence-electron chi connectivity index (χ2n) is 8.57. The summed E-state index contributed by atoms with van der Waals surface area (Å²) in [6.07, 6.45) is 1.40. The molecule has 3 aromatic rings. The highest BCUT2D eigenvalue weighted by molar-refractivity contribution is 7.89. The molecule has 2 heterocycles. The van der Waals surface area contributed by atoms with Crippen molar-refractivity contribution in [3.8, 4) is 17.1 Å². The Morgan fingerprint density at radius 3 is 2.34 bits per heavy atom. The monoisotopic (exact) mass is 455 g/mol. The summed E-state index contributed by atoms with van der Waals surface area (Å²) in [7, 11) is -3.50. The fraction of sp³-hybridized carbons (Fsp3) is 0.417. The van der Waals surface area contributed by atoms with Gasteiger partial charge in [-0.25, -0.2) is 8.42 Å². The molecule has 0 N–H and O–H groups in total. The third kappa shape index (κ3) is 4.71. The molecule has 7 nitrogen and oxygen atoms in total. The maximum atomic E-state index is 13.0. The van der Waals surface area contributed by atoms with Crippen LogP contribution in [0.1, 0.15) is 49.6 Å². The van der Waals surface area contributed by atoms with Crippen molar-refractivity contribution in [3.63, 3.8) is 0 Å². The SMILES string of the molecule is Cc1ccc(S(=O)(=O)N2CCC(c3nc(-c4ccc(OC(C)C)cc4)no3)CC2)cc1C. The number of ether oxygens (including phenoxy) is 1. The van der Waals surface area contributed by atoms with E-state index < -0.39 is 10.0 Å². The second kappa shape index (κ2) is 9.03. The summed E-state index contributed by atoms with van der Waals surface area (Å²) in [5.41, 5.74) is 2.91. The Labute approximate surface area is 189 Å². The Morgan fingerprint density at radius 2 is 1.72 bits per heavy atom. The lowest BCUT2D eigenvalue weighted by Gasteiger charge is -2.29. The van der Waals surface area contributed by atoms with Crippen molar-refractivity contribution in [1.29, 1.82) is 0 Å². The van der Waals surface area contributed by atoms with Gasteiger partial charge in [-0.15, -0.1) is 0 Å². The fourth-order valence-corrected chi connectivity index (χ4v) is 5.39. The largest absolute Gasteiger partial charge is 0.491 e. The van der Waals surface area contributed by atoms with E-state index in [1.807, 2.05) is 58.0 Å². The van der Waals surface area contributed by atoms with Gasteiger partial charge in [0.1, 0.15) is 5.75 Å². The molecule has 2 aromatic carbocycles. The third-order valence-electron chi connectivity index (χ3n) is 5.85. The summed E-state index contributed by atoms with van der Waals surface area (Å²) in [6.45, 7) is 8.73. The van der Waals surface area contributed by atoms with Gasteiger partial charge in [0, 0.05) is 24.6 Å². The van der Waals surface area contributed by atoms with Crippen LogP contribution in [0.15, 0.2) is 51.9 Å². The average molecular weight is 456 g/mol. The second-order valence-corrected chi connectivity index (χ2v) is 10.5. The minimum absolute atomic E-state index is 0.0472. The van der Waals surface area contributed by atoms with Gasteiger partial charge in [-0.1, -0.05) is 11.2 Å². The topological polar surface area (TPSA) is 85.5 Å². The third-order valence-corrected chi connectivity index (χ3v) is 7.74. The van der Waals surface area contributed by atoms with E-state index in [0.29, 0.717) is 42.5 Å². The van der Waals surface area contributed by atoms with Gasteiger partial charge >= 0.3 is 0 Å². The van der Waals surface area contributed by atoms with Crippen LogP contribution < -0.4 is 4.74 Å². The number of aryl methyl sites for hydroxylation is 2. The quantitative estimate of drug-likeness (QED) is 0.535. The number of aromatic nitrogens is 2. The van der Waals surface area contributed by atoms with E-state index in [1.165, 1.54) is 0 Å². The summed E-state index contributed by atoms with van der Waals surface area (Å²) < 4.78 is 38.8. The van der Waals surface area contributed by atoms with E-state index in [1.54, 1.807) is 16.4 Å². The number of piperidine rings is 1. The first-order chi connectivity index (χ1) is 15.2. The van der Waals surface area contributed by atoms with Crippen LogP contribution in [0.2, 0.25) is 0 Å². The fourth-order valence-electron chi connectivity index (χ4n) is 3.84. The molecular weight excluding hydrogens is 426 g/mol. The van der Waals surface area contributed by atoms with Gasteiger partial charge < -0.3 is 9.26 Å². The van der Waals surface area contributed by atoms with Crippen LogP contribution in [0.25, 0.3) is 11.4 Å². The molecule has 32 heavy (non-hydrogen) atoms. The Bertz CT molecular complexity index is 1180. The van der Waals surface area contributed by atoms with Crippen molar-refractivity contribution < 1.29 is 17.7 Å². The lowest BCUT2D eigenvalue weighted by molar-refractivity contribution is 0.242. The molecule has 8 heteroatoms. The molecule has 0 atom stereocenters. The van der Waals surface area contributed by atoms with Crippen molar-refractivity contribution in [3.05, 3.63) is 59.5 Å². The van der Waals surface area contributed by atoms with Crippen molar-refractivity contribution in [1.82, 2.24) is 14.4 Å². The summed E-state index contributed by atoms with van der Waals surface area (Å²) in [4.78, 5) is 4.93. The number of benzene rings is 2. The number of hydrogen-bond acceptors (Lipinski definition) is 6. The lowest BCUT2D eigenvalue weighted by atomic mass is 9.98. The normalized spacial score (nSPS) is 15.9. The molecule has 170 valence electrons. The molecule has 1 saturated heterocycles. The van der Waals surface area contributed by atoms with Crippen LogP contribution in [-0.2, 0) is 10.0 Å². The number of sulfonamides is 1. The predicted molar refractivity (Wildman–Crippen MR) is 122 cm³/mol. The lowest BCUT2D eigenvalue weighted by Crippen LogP contribution is -2.38. The molecule has 0 bridgehead atoms. The molecule has 1 aromatic heterocycles. The number of hydrogen-bond donors (Lipinski definition) is 0. The summed E-state index contributed by atoms with van der Waals surface area (Å²) in [6, 6.07) is 12.9. The van der Waals surface area contributed by atoms with Crippen LogP contribution >= 0.6 is 0 Å². The molecule has 1 aliphatic heterocycles. The van der Waals surface area contributed by atoms with Crippen LogP contribution in [0.4, 0.5) is 0 Å². The first kappa shape index (κ1) is 22.5. The van der Waals surface area contributed by atoms with E-state index >= 15 is 0 Å². The highest BCUT2D eigenvalue weighted by Gasteiger charge is 2.32. The molecule has 1 fully saturated rings. The van der Waals surface area contributed by atoms with E-state index in [9.17, 15) is 8.42 Å². The van der Waals surface area contributed by atoms with E-state index in [-0.39, 0.29) is 12.0 Å². The predicted octanol–water partition coefficient (Wildman–Crippen LogP) is 4.71. The molecule has 4 rings (SSSR count). The van der Waals surface area contributed by atoms with Crippen molar-refractivity contribution >= 4 is 10.0 Å².